The molecular weight excluding hydrogens is 236 g/mol. The van der Waals surface area contributed by atoms with Crippen LogP contribution in [0, 0.1) is 0 Å². The summed E-state index contributed by atoms with van der Waals surface area (Å²) in [6, 6.07) is 4.99. The molecule has 5 heteroatoms. The zero-order valence-corrected chi connectivity index (χ0v) is 10.5. The Labute approximate surface area is 106 Å². The highest BCUT2D eigenvalue weighted by Crippen LogP contribution is 2.28. The number of hydrogen-bond acceptors (Lipinski definition) is 4. The lowest BCUT2D eigenvalue weighted by Gasteiger charge is -2.35. The first-order chi connectivity index (χ1) is 8.31. The fraction of sp³-hybridized carbons (Fsp3) is 0.667. The summed E-state index contributed by atoms with van der Waals surface area (Å²) in [6.07, 6.45) is 5.13. The van der Waals surface area contributed by atoms with Gasteiger partial charge < -0.3 is 10.2 Å². The third-order valence-corrected chi connectivity index (χ3v) is 4.01. The van der Waals surface area contributed by atoms with Crippen LogP contribution in [0.2, 0.25) is 5.15 Å². The lowest BCUT2D eigenvalue weighted by Crippen LogP contribution is -2.42. The minimum Gasteiger partial charge on any atom is -0.366 e. The van der Waals surface area contributed by atoms with E-state index in [4.69, 9.17) is 11.6 Å². The summed E-state index contributed by atoms with van der Waals surface area (Å²) in [5.74, 6) is 0.839. The maximum atomic E-state index is 5.72. The van der Waals surface area contributed by atoms with E-state index < -0.39 is 0 Å². The van der Waals surface area contributed by atoms with Gasteiger partial charge in [-0.15, -0.1) is 10.2 Å². The van der Waals surface area contributed by atoms with Gasteiger partial charge in [0.1, 0.15) is 5.82 Å². The van der Waals surface area contributed by atoms with Crippen LogP contribution in [0.1, 0.15) is 25.7 Å². The molecule has 17 heavy (non-hydrogen) atoms. The van der Waals surface area contributed by atoms with E-state index in [2.05, 4.69) is 20.4 Å². The Kier molecular flexibility index (Phi) is 3.16. The molecule has 1 aromatic rings. The SMILES string of the molecule is Clc1ccc(NC2CCN3CCCC3C2)nn1. The Hall–Kier alpha value is -0.870. The second kappa shape index (κ2) is 4.78. The van der Waals surface area contributed by atoms with E-state index in [1.165, 1.54) is 38.8 Å². The summed E-state index contributed by atoms with van der Waals surface area (Å²) in [7, 11) is 0. The van der Waals surface area contributed by atoms with Crippen molar-refractivity contribution in [3.8, 4) is 0 Å². The molecule has 0 amide bonds. The van der Waals surface area contributed by atoms with Gasteiger partial charge in [0.2, 0.25) is 0 Å². The maximum Gasteiger partial charge on any atom is 0.151 e. The molecule has 2 aliphatic heterocycles. The number of hydrogen-bond donors (Lipinski definition) is 1. The van der Waals surface area contributed by atoms with E-state index >= 15 is 0 Å². The van der Waals surface area contributed by atoms with Gasteiger partial charge in [-0.2, -0.15) is 0 Å². The van der Waals surface area contributed by atoms with Gasteiger partial charge in [0.25, 0.3) is 0 Å². The van der Waals surface area contributed by atoms with Gasteiger partial charge in [0.15, 0.2) is 5.15 Å². The van der Waals surface area contributed by atoms with E-state index in [1.807, 2.05) is 6.07 Å². The first kappa shape index (κ1) is 11.2. The molecule has 2 atom stereocenters. The standard InChI is InChI=1S/C12H17ClN4/c13-11-3-4-12(16-15-11)14-9-5-7-17-6-1-2-10(17)8-9/h3-4,9-10H,1-2,5-8H2,(H,14,16). The molecule has 0 radical (unpaired) electrons. The van der Waals surface area contributed by atoms with E-state index in [0.717, 1.165) is 11.9 Å². The highest BCUT2D eigenvalue weighted by atomic mass is 35.5. The molecule has 92 valence electrons. The molecule has 0 bridgehead atoms. The third kappa shape index (κ3) is 2.53. The summed E-state index contributed by atoms with van der Waals surface area (Å²) in [5, 5.41) is 11.8. The molecule has 1 aromatic heterocycles. The molecule has 0 spiro atoms. The van der Waals surface area contributed by atoms with Crippen molar-refractivity contribution in [2.24, 2.45) is 0 Å². The highest BCUT2D eigenvalue weighted by Gasteiger charge is 2.31. The van der Waals surface area contributed by atoms with Gasteiger partial charge in [-0.25, -0.2) is 0 Å². The summed E-state index contributed by atoms with van der Waals surface area (Å²) in [5.41, 5.74) is 0. The molecule has 2 aliphatic rings. The first-order valence-electron chi connectivity index (χ1n) is 6.31. The Balaban J connectivity index is 1.60. The Morgan fingerprint density at radius 1 is 1.24 bits per heavy atom. The molecule has 2 unspecified atom stereocenters. The third-order valence-electron chi connectivity index (χ3n) is 3.80. The number of nitrogens with zero attached hydrogens (tertiary/aromatic N) is 3. The summed E-state index contributed by atoms with van der Waals surface area (Å²) < 4.78 is 0. The Bertz CT molecular complexity index is 381. The summed E-state index contributed by atoms with van der Waals surface area (Å²) >= 11 is 5.72. The van der Waals surface area contributed by atoms with E-state index in [-0.39, 0.29) is 0 Å². The number of fused-ring (bicyclic) bond motifs is 1. The smallest absolute Gasteiger partial charge is 0.151 e. The fourth-order valence-corrected chi connectivity index (χ4v) is 3.06. The number of aromatic nitrogens is 2. The van der Waals surface area contributed by atoms with Gasteiger partial charge >= 0.3 is 0 Å². The minimum absolute atomic E-state index is 0.446. The maximum absolute atomic E-state index is 5.72. The van der Waals surface area contributed by atoms with Crippen molar-refractivity contribution < 1.29 is 0 Å². The Morgan fingerprint density at radius 3 is 3.00 bits per heavy atom. The van der Waals surface area contributed by atoms with Crippen molar-refractivity contribution in [1.82, 2.24) is 15.1 Å². The van der Waals surface area contributed by atoms with Crippen molar-refractivity contribution in [3.63, 3.8) is 0 Å². The van der Waals surface area contributed by atoms with Gasteiger partial charge in [-0.3, -0.25) is 0 Å². The van der Waals surface area contributed by atoms with E-state index in [1.54, 1.807) is 6.07 Å². The van der Waals surface area contributed by atoms with Crippen LogP contribution in [-0.4, -0.2) is 40.3 Å². The second-order valence-electron chi connectivity index (χ2n) is 4.94. The highest BCUT2D eigenvalue weighted by molar-refractivity contribution is 6.29. The van der Waals surface area contributed by atoms with Crippen molar-refractivity contribution in [1.29, 1.82) is 0 Å². The predicted molar refractivity (Wildman–Crippen MR) is 68.3 cm³/mol. The van der Waals surface area contributed by atoms with E-state index in [9.17, 15) is 0 Å². The van der Waals surface area contributed by atoms with Crippen molar-refractivity contribution in [3.05, 3.63) is 17.3 Å². The zero-order chi connectivity index (χ0) is 11.7. The molecule has 2 saturated heterocycles. The van der Waals surface area contributed by atoms with Crippen LogP contribution >= 0.6 is 11.6 Å². The van der Waals surface area contributed by atoms with Gasteiger partial charge in [-0.05, 0) is 44.4 Å². The van der Waals surface area contributed by atoms with Crippen LogP contribution in [0.3, 0.4) is 0 Å². The normalized spacial score (nSPS) is 29.0. The Morgan fingerprint density at radius 2 is 2.18 bits per heavy atom. The number of piperidine rings is 1. The average molecular weight is 253 g/mol. The molecule has 3 rings (SSSR count). The molecule has 1 N–H and O–H groups in total. The molecular formula is C12H17ClN4. The molecule has 2 fully saturated rings. The monoisotopic (exact) mass is 252 g/mol. The largest absolute Gasteiger partial charge is 0.366 e. The fourth-order valence-electron chi connectivity index (χ4n) is 2.96. The lowest BCUT2D eigenvalue weighted by atomic mass is 9.98. The quantitative estimate of drug-likeness (QED) is 0.876. The van der Waals surface area contributed by atoms with Crippen molar-refractivity contribution in [2.75, 3.05) is 18.4 Å². The minimum atomic E-state index is 0.446. The zero-order valence-electron chi connectivity index (χ0n) is 9.77. The van der Waals surface area contributed by atoms with Crippen molar-refractivity contribution >= 4 is 17.4 Å². The van der Waals surface area contributed by atoms with Gasteiger partial charge in [-0.1, -0.05) is 11.6 Å². The number of rotatable bonds is 2. The van der Waals surface area contributed by atoms with Crippen LogP contribution in [-0.2, 0) is 0 Å². The van der Waals surface area contributed by atoms with Crippen LogP contribution in [0.4, 0.5) is 5.82 Å². The molecule has 3 heterocycles. The van der Waals surface area contributed by atoms with Crippen LogP contribution in [0.25, 0.3) is 0 Å². The van der Waals surface area contributed by atoms with Gasteiger partial charge in [0, 0.05) is 18.6 Å². The number of halogens is 1. The average Bonchev–Trinajstić information content (AvgIpc) is 2.79. The molecule has 0 saturated carbocycles. The van der Waals surface area contributed by atoms with Crippen molar-refractivity contribution in [2.45, 2.75) is 37.8 Å². The first-order valence-corrected chi connectivity index (χ1v) is 6.69. The van der Waals surface area contributed by atoms with E-state index in [0.29, 0.717) is 11.2 Å². The number of nitrogens with one attached hydrogen (secondary N) is 1. The second-order valence-corrected chi connectivity index (χ2v) is 5.33. The summed E-state index contributed by atoms with van der Waals surface area (Å²) in [6.45, 7) is 2.50. The van der Waals surface area contributed by atoms with Crippen LogP contribution < -0.4 is 5.32 Å². The van der Waals surface area contributed by atoms with Crippen LogP contribution in [0.15, 0.2) is 12.1 Å². The topological polar surface area (TPSA) is 41.0 Å². The molecule has 4 nitrogen and oxygen atoms in total. The number of anilines is 1. The lowest BCUT2D eigenvalue weighted by molar-refractivity contribution is 0.188. The van der Waals surface area contributed by atoms with Crippen LogP contribution in [0.5, 0.6) is 0 Å². The summed E-state index contributed by atoms with van der Waals surface area (Å²) in [4.78, 5) is 2.62. The molecule has 0 aromatic carbocycles. The predicted octanol–water partition coefficient (Wildman–Crippen LogP) is 2.17. The van der Waals surface area contributed by atoms with Gasteiger partial charge in [0.05, 0.1) is 0 Å². The molecule has 0 aliphatic carbocycles.